The second kappa shape index (κ2) is 8.02. The number of benzene rings is 1. The number of sulfonamides is 1. The van der Waals surface area contributed by atoms with Crippen LogP contribution in [0.15, 0.2) is 52.3 Å². The maximum Gasteiger partial charge on any atom is 0.254 e. The molecule has 1 N–H and O–H groups in total. The lowest BCUT2D eigenvalue weighted by Gasteiger charge is -2.33. The normalized spacial score (nSPS) is 16.1. The van der Waals surface area contributed by atoms with Crippen molar-refractivity contribution in [1.29, 1.82) is 0 Å². The average molecular weight is 412 g/mol. The predicted molar refractivity (Wildman–Crippen MR) is 106 cm³/mol. The lowest BCUT2D eigenvalue weighted by molar-refractivity contribution is -0.923. The summed E-state index contributed by atoms with van der Waals surface area (Å²) in [5.41, 5.74) is 0.898. The summed E-state index contributed by atoms with van der Waals surface area (Å²) in [5, 5.41) is 0.716. The van der Waals surface area contributed by atoms with Crippen LogP contribution >= 0.6 is 11.6 Å². The smallest absolute Gasteiger partial charge is 0.254 e. The van der Waals surface area contributed by atoms with Gasteiger partial charge < -0.3 is 9.80 Å². The Kier molecular flexibility index (Phi) is 5.90. The molecule has 27 heavy (non-hydrogen) atoms. The van der Waals surface area contributed by atoms with E-state index in [0.29, 0.717) is 11.7 Å². The van der Waals surface area contributed by atoms with Gasteiger partial charge in [0.1, 0.15) is 0 Å². The largest absolute Gasteiger partial charge is 0.360 e. The van der Waals surface area contributed by atoms with E-state index in [9.17, 15) is 13.2 Å². The van der Waals surface area contributed by atoms with Gasteiger partial charge in [-0.05, 0) is 24.3 Å². The zero-order valence-corrected chi connectivity index (χ0v) is 17.0. The van der Waals surface area contributed by atoms with E-state index in [1.54, 1.807) is 0 Å². The molecule has 9 heteroatoms. The Hall–Kier alpha value is -1.87. The first-order valence-corrected chi connectivity index (χ1v) is 10.6. The van der Waals surface area contributed by atoms with E-state index in [1.165, 1.54) is 41.9 Å². The molecule has 2 heterocycles. The number of halogens is 1. The van der Waals surface area contributed by atoms with Gasteiger partial charge in [-0.3, -0.25) is 9.36 Å². The van der Waals surface area contributed by atoms with Crippen molar-refractivity contribution in [3.05, 3.63) is 58.0 Å². The van der Waals surface area contributed by atoms with Crippen molar-refractivity contribution in [3.8, 4) is 0 Å². The molecule has 0 saturated carbocycles. The lowest BCUT2D eigenvalue weighted by Crippen LogP contribution is -3.14. The van der Waals surface area contributed by atoms with Crippen LogP contribution in [0.4, 0.5) is 5.69 Å². The monoisotopic (exact) mass is 411 g/mol. The summed E-state index contributed by atoms with van der Waals surface area (Å²) in [4.78, 5) is 15.8. The third-order valence-corrected chi connectivity index (χ3v) is 6.81. The summed E-state index contributed by atoms with van der Waals surface area (Å²) in [5.74, 6) is 0. The number of pyridine rings is 1. The highest BCUT2D eigenvalue weighted by atomic mass is 35.5. The van der Waals surface area contributed by atoms with Crippen molar-refractivity contribution < 1.29 is 13.3 Å². The third-order valence-electron chi connectivity index (χ3n) is 4.77. The van der Waals surface area contributed by atoms with Crippen LogP contribution in [-0.2, 0) is 16.7 Å². The van der Waals surface area contributed by atoms with E-state index in [2.05, 4.69) is 4.90 Å². The third kappa shape index (κ3) is 4.52. The number of hydrogen-bond acceptors (Lipinski definition) is 4. The number of hydrogen-bond donors (Lipinski definition) is 1. The first-order valence-electron chi connectivity index (χ1n) is 8.74. The molecule has 0 spiro atoms. The molecule has 0 bridgehead atoms. The predicted octanol–water partition coefficient (Wildman–Crippen LogP) is 0.115. The Morgan fingerprint density at radius 1 is 1.15 bits per heavy atom. The minimum atomic E-state index is -3.56. The van der Waals surface area contributed by atoms with E-state index in [-0.39, 0.29) is 10.5 Å². The summed E-state index contributed by atoms with van der Waals surface area (Å²) >= 11 is 6.07. The highest BCUT2D eigenvalue weighted by molar-refractivity contribution is 7.89. The Morgan fingerprint density at radius 2 is 1.85 bits per heavy atom. The van der Waals surface area contributed by atoms with Crippen LogP contribution in [0.2, 0.25) is 5.02 Å². The van der Waals surface area contributed by atoms with Gasteiger partial charge in [0.15, 0.2) is 6.67 Å². The molecule has 1 aliphatic heterocycles. The summed E-state index contributed by atoms with van der Waals surface area (Å²) in [6.07, 6.45) is 1.44. The van der Waals surface area contributed by atoms with E-state index in [1.807, 2.05) is 24.3 Å². The summed E-state index contributed by atoms with van der Waals surface area (Å²) in [6, 6.07) is 10.5. The maximum absolute atomic E-state index is 12.3. The van der Waals surface area contributed by atoms with Crippen molar-refractivity contribution >= 4 is 27.3 Å². The molecule has 146 valence electrons. The number of rotatable bonds is 5. The van der Waals surface area contributed by atoms with Crippen molar-refractivity contribution in [2.45, 2.75) is 11.6 Å². The molecule has 0 amide bonds. The van der Waals surface area contributed by atoms with Gasteiger partial charge in [0.2, 0.25) is 10.0 Å². The first kappa shape index (κ1) is 19.9. The Morgan fingerprint density at radius 3 is 2.48 bits per heavy atom. The minimum Gasteiger partial charge on any atom is -0.360 e. The summed E-state index contributed by atoms with van der Waals surface area (Å²) in [7, 11) is -0.608. The molecular formula is C18H24ClN4O3S+. The molecule has 2 aromatic rings. The standard InChI is InChI=1S/C18H23ClN4O3S/c1-20(2)27(25,26)17-6-7-18(24)23(13-17)14-21-8-10-22(11-9-21)16-5-3-4-15(19)12-16/h3-7,12-13H,8-11,14H2,1-2H3/p+1. The average Bonchev–Trinajstić information content (AvgIpc) is 2.64. The van der Waals surface area contributed by atoms with E-state index < -0.39 is 10.0 Å². The molecule has 0 aliphatic carbocycles. The van der Waals surface area contributed by atoms with Gasteiger partial charge in [-0.1, -0.05) is 17.7 Å². The second-order valence-corrected chi connectivity index (χ2v) is 9.42. The number of aromatic nitrogens is 1. The van der Waals surface area contributed by atoms with Gasteiger partial charge in [0.05, 0.1) is 31.1 Å². The molecule has 7 nitrogen and oxygen atoms in total. The van der Waals surface area contributed by atoms with Crippen molar-refractivity contribution in [1.82, 2.24) is 8.87 Å². The van der Waals surface area contributed by atoms with Gasteiger partial charge in [-0.15, -0.1) is 0 Å². The van der Waals surface area contributed by atoms with Crippen molar-refractivity contribution in [2.24, 2.45) is 0 Å². The Bertz CT molecular complexity index is 967. The molecule has 0 atom stereocenters. The molecule has 3 rings (SSSR count). The van der Waals surface area contributed by atoms with E-state index in [0.717, 1.165) is 36.2 Å². The van der Waals surface area contributed by atoms with Gasteiger partial charge in [-0.2, -0.15) is 0 Å². The molecule has 0 radical (unpaired) electrons. The molecular weight excluding hydrogens is 388 g/mol. The number of nitrogens with one attached hydrogen (secondary N) is 1. The van der Waals surface area contributed by atoms with Crippen LogP contribution in [0, 0.1) is 0 Å². The van der Waals surface area contributed by atoms with Crippen molar-refractivity contribution in [2.75, 3.05) is 45.2 Å². The van der Waals surface area contributed by atoms with Gasteiger partial charge in [0, 0.05) is 37.1 Å². The highest BCUT2D eigenvalue weighted by Gasteiger charge is 2.22. The number of piperazine rings is 1. The van der Waals surface area contributed by atoms with Gasteiger partial charge >= 0.3 is 0 Å². The van der Waals surface area contributed by atoms with Gasteiger partial charge in [0.25, 0.3) is 5.56 Å². The molecule has 1 aliphatic rings. The Balaban J connectivity index is 1.69. The van der Waals surface area contributed by atoms with E-state index >= 15 is 0 Å². The van der Waals surface area contributed by atoms with Crippen LogP contribution in [0.1, 0.15) is 0 Å². The number of quaternary nitrogens is 1. The minimum absolute atomic E-state index is 0.129. The molecule has 0 unspecified atom stereocenters. The lowest BCUT2D eigenvalue weighted by atomic mass is 10.2. The molecule has 1 aromatic heterocycles. The zero-order valence-electron chi connectivity index (χ0n) is 15.4. The van der Waals surface area contributed by atoms with Crippen LogP contribution in [0.5, 0.6) is 0 Å². The SMILES string of the molecule is CN(C)S(=O)(=O)c1ccc(=O)n(C[NH+]2CCN(c3cccc(Cl)c3)CC2)c1. The van der Waals surface area contributed by atoms with Crippen molar-refractivity contribution in [3.63, 3.8) is 0 Å². The van der Waals surface area contributed by atoms with Crippen LogP contribution in [0.25, 0.3) is 0 Å². The fourth-order valence-corrected chi connectivity index (χ4v) is 4.26. The van der Waals surface area contributed by atoms with Crippen LogP contribution < -0.4 is 15.4 Å². The van der Waals surface area contributed by atoms with E-state index in [4.69, 9.17) is 11.6 Å². The molecule has 1 fully saturated rings. The fourth-order valence-electron chi connectivity index (χ4n) is 3.15. The second-order valence-electron chi connectivity index (χ2n) is 6.84. The highest BCUT2D eigenvalue weighted by Crippen LogP contribution is 2.19. The Labute approximate surface area is 164 Å². The maximum atomic E-state index is 12.3. The topological polar surface area (TPSA) is 67.1 Å². The summed E-state index contributed by atoms with van der Waals surface area (Å²) in [6.45, 7) is 3.84. The van der Waals surface area contributed by atoms with Gasteiger partial charge in [-0.25, -0.2) is 12.7 Å². The van der Waals surface area contributed by atoms with Crippen LogP contribution in [0.3, 0.4) is 0 Å². The van der Waals surface area contributed by atoms with Crippen LogP contribution in [-0.4, -0.2) is 57.6 Å². The number of anilines is 1. The number of nitrogens with zero attached hydrogens (tertiary/aromatic N) is 3. The summed E-state index contributed by atoms with van der Waals surface area (Å²) < 4.78 is 27.2. The quantitative estimate of drug-likeness (QED) is 0.758. The molecule has 1 saturated heterocycles. The molecule has 1 aromatic carbocycles. The zero-order chi connectivity index (χ0) is 19.6. The first-order chi connectivity index (χ1) is 12.8. The fraction of sp³-hybridized carbons (Fsp3) is 0.389.